The summed E-state index contributed by atoms with van der Waals surface area (Å²) in [5.74, 6) is 0.188. The Morgan fingerprint density at radius 3 is 2.80 bits per heavy atom. The third-order valence-electron chi connectivity index (χ3n) is 4.23. The Bertz CT molecular complexity index is 303. The van der Waals surface area contributed by atoms with Crippen molar-refractivity contribution in [2.24, 2.45) is 0 Å². The third kappa shape index (κ3) is 4.43. The minimum absolute atomic E-state index is 0.0807. The third-order valence-corrected chi connectivity index (χ3v) is 4.23. The van der Waals surface area contributed by atoms with Gasteiger partial charge in [-0.3, -0.25) is 9.69 Å². The first-order valence-corrected chi connectivity index (χ1v) is 8.04. The Labute approximate surface area is 122 Å². The zero-order chi connectivity index (χ0) is 14.4. The van der Waals surface area contributed by atoms with E-state index >= 15 is 0 Å². The first kappa shape index (κ1) is 15.7. The van der Waals surface area contributed by atoms with Crippen LogP contribution in [0.1, 0.15) is 39.5 Å². The van der Waals surface area contributed by atoms with Crippen LogP contribution in [0.5, 0.6) is 0 Å². The van der Waals surface area contributed by atoms with Gasteiger partial charge >= 0.3 is 0 Å². The monoisotopic (exact) mass is 283 g/mol. The molecular formula is C15H29N3O2. The average molecular weight is 283 g/mol. The minimum Gasteiger partial charge on any atom is -0.377 e. The fraction of sp³-hybridized carbons (Fsp3) is 0.933. The van der Waals surface area contributed by atoms with Crippen molar-refractivity contribution in [2.45, 2.75) is 57.7 Å². The number of amides is 1. The van der Waals surface area contributed by atoms with Crippen LogP contribution < -0.4 is 10.6 Å². The molecule has 20 heavy (non-hydrogen) atoms. The summed E-state index contributed by atoms with van der Waals surface area (Å²) in [6, 6.07) is 0.665. The normalized spacial score (nSPS) is 25.2. The molecular weight excluding hydrogens is 254 g/mol. The van der Waals surface area contributed by atoms with Gasteiger partial charge in [-0.1, -0.05) is 0 Å². The van der Waals surface area contributed by atoms with Crippen molar-refractivity contribution < 1.29 is 9.53 Å². The quantitative estimate of drug-likeness (QED) is 0.706. The van der Waals surface area contributed by atoms with Crippen LogP contribution in [0.3, 0.4) is 0 Å². The van der Waals surface area contributed by atoms with Crippen LogP contribution in [0.2, 0.25) is 0 Å². The summed E-state index contributed by atoms with van der Waals surface area (Å²) in [6.07, 6.45) is 4.70. The molecule has 2 N–H and O–H groups in total. The van der Waals surface area contributed by atoms with Crippen molar-refractivity contribution in [3.8, 4) is 0 Å². The van der Waals surface area contributed by atoms with Crippen LogP contribution in [-0.4, -0.2) is 61.8 Å². The van der Waals surface area contributed by atoms with E-state index in [-0.39, 0.29) is 18.1 Å². The largest absolute Gasteiger partial charge is 0.377 e. The number of ether oxygens (including phenoxy) is 1. The van der Waals surface area contributed by atoms with Crippen LogP contribution in [0, 0.1) is 0 Å². The number of piperidine rings is 1. The summed E-state index contributed by atoms with van der Waals surface area (Å²) in [7, 11) is 0. The molecule has 2 aliphatic rings. The highest BCUT2D eigenvalue weighted by Crippen LogP contribution is 2.24. The van der Waals surface area contributed by atoms with Gasteiger partial charge in [-0.15, -0.1) is 0 Å². The average Bonchev–Trinajstić information content (AvgIpc) is 2.93. The summed E-state index contributed by atoms with van der Waals surface area (Å²) in [4.78, 5) is 14.7. The van der Waals surface area contributed by atoms with Crippen LogP contribution in [0.15, 0.2) is 0 Å². The van der Waals surface area contributed by atoms with Crippen molar-refractivity contribution >= 4 is 5.91 Å². The van der Waals surface area contributed by atoms with Crippen LogP contribution >= 0.6 is 0 Å². The van der Waals surface area contributed by atoms with Crippen molar-refractivity contribution in [2.75, 3.05) is 32.8 Å². The summed E-state index contributed by atoms with van der Waals surface area (Å²) in [5, 5.41) is 6.42. The Kier molecular flexibility index (Phi) is 6.26. The van der Waals surface area contributed by atoms with Gasteiger partial charge in [0.25, 0.3) is 0 Å². The van der Waals surface area contributed by atoms with Gasteiger partial charge in [0.2, 0.25) is 5.91 Å². The fourth-order valence-corrected chi connectivity index (χ4v) is 3.23. The number of hydrogen-bond donors (Lipinski definition) is 2. The molecule has 2 rings (SSSR count). The van der Waals surface area contributed by atoms with Crippen molar-refractivity contribution in [1.82, 2.24) is 15.5 Å². The number of carbonyl (C=O) groups is 1. The molecule has 0 spiro atoms. The molecule has 116 valence electrons. The van der Waals surface area contributed by atoms with Crippen molar-refractivity contribution in [3.05, 3.63) is 0 Å². The highest BCUT2D eigenvalue weighted by molar-refractivity contribution is 5.82. The van der Waals surface area contributed by atoms with Gasteiger partial charge in [0.15, 0.2) is 0 Å². The van der Waals surface area contributed by atoms with E-state index in [1.165, 1.54) is 12.8 Å². The van der Waals surface area contributed by atoms with Crippen molar-refractivity contribution in [3.63, 3.8) is 0 Å². The van der Waals surface area contributed by atoms with Gasteiger partial charge in [0.05, 0.1) is 18.8 Å². The summed E-state index contributed by atoms with van der Waals surface area (Å²) < 4.78 is 5.46. The minimum atomic E-state index is 0.0807. The standard InChI is InChI=1S/C15H29N3O2/c1-12(2)20-11-9-17-15(19)14-4-3-10-18(14)13-5-7-16-8-6-13/h12-14,16H,3-11H2,1-2H3,(H,17,19). The topological polar surface area (TPSA) is 53.6 Å². The molecule has 1 atom stereocenters. The van der Waals surface area contributed by atoms with E-state index in [1.807, 2.05) is 13.8 Å². The lowest BCUT2D eigenvalue weighted by Crippen LogP contribution is -2.51. The van der Waals surface area contributed by atoms with E-state index in [9.17, 15) is 4.79 Å². The highest BCUT2D eigenvalue weighted by atomic mass is 16.5. The van der Waals surface area contributed by atoms with Gasteiger partial charge < -0.3 is 15.4 Å². The molecule has 0 bridgehead atoms. The van der Waals surface area contributed by atoms with Crippen LogP contribution in [0.4, 0.5) is 0 Å². The molecule has 2 aliphatic heterocycles. The summed E-state index contributed by atoms with van der Waals surface area (Å²) >= 11 is 0. The second kappa shape index (κ2) is 7.96. The maximum atomic E-state index is 12.3. The first-order valence-electron chi connectivity index (χ1n) is 8.04. The molecule has 1 unspecified atom stereocenters. The second-order valence-corrected chi connectivity index (χ2v) is 6.09. The fourth-order valence-electron chi connectivity index (χ4n) is 3.23. The zero-order valence-electron chi connectivity index (χ0n) is 12.9. The van der Waals surface area contributed by atoms with E-state index in [2.05, 4.69) is 15.5 Å². The second-order valence-electron chi connectivity index (χ2n) is 6.09. The van der Waals surface area contributed by atoms with Gasteiger partial charge in [-0.25, -0.2) is 0 Å². The predicted octanol–water partition coefficient (Wildman–Crippen LogP) is 0.744. The van der Waals surface area contributed by atoms with Gasteiger partial charge in [0, 0.05) is 12.6 Å². The molecule has 0 aromatic heterocycles. The lowest BCUT2D eigenvalue weighted by atomic mass is 10.0. The molecule has 2 heterocycles. The van der Waals surface area contributed by atoms with E-state index < -0.39 is 0 Å². The molecule has 2 saturated heterocycles. The summed E-state index contributed by atoms with van der Waals surface area (Å²) in [5.41, 5.74) is 0. The number of hydrogen-bond acceptors (Lipinski definition) is 4. The van der Waals surface area contributed by atoms with Gasteiger partial charge in [-0.05, 0) is 59.2 Å². The Morgan fingerprint density at radius 2 is 2.10 bits per heavy atom. The molecule has 0 radical (unpaired) electrons. The smallest absolute Gasteiger partial charge is 0.237 e. The number of likely N-dealkylation sites (tertiary alicyclic amines) is 1. The molecule has 5 nitrogen and oxygen atoms in total. The first-order chi connectivity index (χ1) is 9.68. The molecule has 0 saturated carbocycles. The lowest BCUT2D eigenvalue weighted by Gasteiger charge is -2.35. The highest BCUT2D eigenvalue weighted by Gasteiger charge is 2.35. The van der Waals surface area contributed by atoms with Gasteiger partial charge in [0.1, 0.15) is 0 Å². The Hall–Kier alpha value is -0.650. The predicted molar refractivity (Wildman–Crippen MR) is 79.7 cm³/mol. The number of nitrogens with zero attached hydrogens (tertiary/aromatic N) is 1. The number of carbonyl (C=O) groups excluding carboxylic acids is 1. The van der Waals surface area contributed by atoms with Crippen molar-refractivity contribution in [1.29, 1.82) is 0 Å². The zero-order valence-corrected chi connectivity index (χ0v) is 12.9. The Morgan fingerprint density at radius 1 is 1.35 bits per heavy atom. The van der Waals surface area contributed by atoms with Gasteiger partial charge in [-0.2, -0.15) is 0 Å². The molecule has 0 aliphatic carbocycles. The maximum absolute atomic E-state index is 12.3. The number of nitrogens with one attached hydrogen (secondary N) is 2. The Balaban J connectivity index is 1.75. The SMILES string of the molecule is CC(C)OCCNC(=O)C1CCCN1C1CCNCC1. The van der Waals surface area contributed by atoms with E-state index in [0.29, 0.717) is 19.2 Å². The molecule has 2 fully saturated rings. The lowest BCUT2D eigenvalue weighted by molar-refractivity contribution is -0.126. The van der Waals surface area contributed by atoms with E-state index in [1.54, 1.807) is 0 Å². The molecule has 5 heteroatoms. The number of rotatable bonds is 6. The van der Waals surface area contributed by atoms with Crippen LogP contribution in [0.25, 0.3) is 0 Å². The van der Waals surface area contributed by atoms with E-state index in [0.717, 1.165) is 32.5 Å². The van der Waals surface area contributed by atoms with Crippen LogP contribution in [-0.2, 0) is 9.53 Å². The van der Waals surface area contributed by atoms with E-state index in [4.69, 9.17) is 4.74 Å². The molecule has 0 aromatic rings. The molecule has 0 aromatic carbocycles. The molecule has 1 amide bonds. The summed E-state index contributed by atoms with van der Waals surface area (Å²) in [6.45, 7) is 8.48. The maximum Gasteiger partial charge on any atom is 0.237 e.